The maximum atomic E-state index is 12.7. The van der Waals surface area contributed by atoms with Gasteiger partial charge in [0.15, 0.2) is 11.5 Å². The second-order valence-electron chi connectivity index (χ2n) is 6.80. The van der Waals surface area contributed by atoms with Crippen LogP contribution >= 0.6 is 23.2 Å². The molecule has 4 nitrogen and oxygen atoms in total. The number of ketones is 1. The zero-order valence-electron chi connectivity index (χ0n) is 17.0. The number of Topliss-reactive ketones (excluding diaryl/α,β-unsaturated/α-hetero) is 1. The topological polar surface area (TPSA) is 59.3 Å². The van der Waals surface area contributed by atoms with Crippen molar-refractivity contribution in [3.8, 4) is 17.6 Å². The third kappa shape index (κ3) is 5.67. The standard InChI is InChI=1S/C25H19Cl2NO3/c1-16-3-6-18(7-4-16)25(29)20(14-28)11-17-5-10-23(24(12-17)30-2)31-15-19-8-9-21(26)13-22(19)27/h3-13H,15H2,1-2H3. The van der Waals surface area contributed by atoms with Crippen molar-refractivity contribution in [2.75, 3.05) is 7.11 Å². The first-order valence-corrected chi connectivity index (χ1v) is 10.1. The second-order valence-corrected chi connectivity index (χ2v) is 7.64. The molecule has 0 atom stereocenters. The molecule has 0 aliphatic rings. The van der Waals surface area contributed by atoms with E-state index >= 15 is 0 Å². The zero-order chi connectivity index (χ0) is 22.4. The number of rotatable bonds is 7. The van der Waals surface area contributed by atoms with E-state index in [0.29, 0.717) is 32.7 Å². The summed E-state index contributed by atoms with van der Waals surface area (Å²) in [5.41, 5.74) is 2.97. The molecule has 6 heteroatoms. The fourth-order valence-electron chi connectivity index (χ4n) is 2.86. The maximum Gasteiger partial charge on any atom is 0.203 e. The molecule has 3 aromatic rings. The van der Waals surface area contributed by atoms with E-state index in [4.69, 9.17) is 32.7 Å². The minimum absolute atomic E-state index is 0.0347. The van der Waals surface area contributed by atoms with Crippen molar-refractivity contribution in [2.24, 2.45) is 0 Å². The third-order valence-electron chi connectivity index (χ3n) is 4.58. The minimum atomic E-state index is -0.334. The number of methoxy groups -OCH3 is 1. The fraction of sp³-hybridized carbons (Fsp3) is 0.120. The van der Waals surface area contributed by atoms with Gasteiger partial charge in [0.2, 0.25) is 5.78 Å². The van der Waals surface area contributed by atoms with E-state index in [1.165, 1.54) is 13.2 Å². The van der Waals surface area contributed by atoms with Gasteiger partial charge in [0.1, 0.15) is 18.2 Å². The summed E-state index contributed by atoms with van der Waals surface area (Å²) < 4.78 is 11.3. The van der Waals surface area contributed by atoms with Crippen molar-refractivity contribution in [1.29, 1.82) is 5.26 Å². The highest BCUT2D eigenvalue weighted by Crippen LogP contribution is 2.31. The maximum absolute atomic E-state index is 12.7. The largest absolute Gasteiger partial charge is 0.493 e. The van der Waals surface area contributed by atoms with Crippen LogP contribution in [-0.4, -0.2) is 12.9 Å². The van der Waals surface area contributed by atoms with E-state index < -0.39 is 0 Å². The molecule has 0 unspecified atom stereocenters. The van der Waals surface area contributed by atoms with E-state index in [9.17, 15) is 10.1 Å². The Bertz CT molecular complexity index is 1180. The molecule has 0 aromatic heterocycles. The summed E-state index contributed by atoms with van der Waals surface area (Å²) in [5, 5.41) is 10.6. The van der Waals surface area contributed by atoms with Crippen molar-refractivity contribution in [2.45, 2.75) is 13.5 Å². The number of hydrogen-bond donors (Lipinski definition) is 0. The highest BCUT2D eigenvalue weighted by Gasteiger charge is 2.13. The molecular weight excluding hydrogens is 433 g/mol. The lowest BCUT2D eigenvalue weighted by Gasteiger charge is -2.12. The lowest BCUT2D eigenvalue weighted by Crippen LogP contribution is -2.02. The molecule has 0 saturated heterocycles. The summed E-state index contributed by atoms with van der Waals surface area (Å²) >= 11 is 12.1. The van der Waals surface area contributed by atoms with Crippen LogP contribution < -0.4 is 9.47 Å². The molecule has 0 heterocycles. The van der Waals surface area contributed by atoms with Crippen LogP contribution in [0.3, 0.4) is 0 Å². The van der Waals surface area contributed by atoms with Crippen LogP contribution in [0.2, 0.25) is 10.0 Å². The Balaban J connectivity index is 1.81. The average Bonchev–Trinajstić information content (AvgIpc) is 2.77. The number of nitrogens with zero attached hydrogens (tertiary/aromatic N) is 1. The van der Waals surface area contributed by atoms with Gasteiger partial charge in [-0.2, -0.15) is 5.26 Å². The number of allylic oxidation sites excluding steroid dienone is 1. The van der Waals surface area contributed by atoms with Gasteiger partial charge in [-0.1, -0.05) is 65.2 Å². The predicted molar refractivity (Wildman–Crippen MR) is 123 cm³/mol. The predicted octanol–water partition coefficient (Wildman–Crippen LogP) is 6.68. The molecular formula is C25H19Cl2NO3. The first-order valence-electron chi connectivity index (χ1n) is 9.39. The third-order valence-corrected chi connectivity index (χ3v) is 5.16. The van der Waals surface area contributed by atoms with Gasteiger partial charge in [0.05, 0.1) is 7.11 Å². The van der Waals surface area contributed by atoms with E-state index in [2.05, 4.69) is 0 Å². The van der Waals surface area contributed by atoms with Crippen molar-refractivity contribution >= 4 is 35.1 Å². The fourth-order valence-corrected chi connectivity index (χ4v) is 3.33. The quantitative estimate of drug-likeness (QED) is 0.228. The summed E-state index contributed by atoms with van der Waals surface area (Å²) in [5.74, 6) is 0.645. The average molecular weight is 452 g/mol. The molecule has 0 fully saturated rings. The number of benzene rings is 3. The summed E-state index contributed by atoms with van der Waals surface area (Å²) in [6, 6.07) is 19.5. The summed E-state index contributed by atoms with van der Waals surface area (Å²) in [6.45, 7) is 2.17. The van der Waals surface area contributed by atoms with Gasteiger partial charge in [-0.25, -0.2) is 0 Å². The van der Waals surface area contributed by atoms with Crippen LogP contribution in [0, 0.1) is 18.3 Å². The SMILES string of the molecule is COc1cc(C=C(C#N)C(=O)c2ccc(C)cc2)ccc1OCc1ccc(Cl)cc1Cl. The molecule has 3 rings (SSSR count). The van der Waals surface area contributed by atoms with E-state index in [-0.39, 0.29) is 18.0 Å². The Kier molecular flexibility index (Phi) is 7.36. The van der Waals surface area contributed by atoms with Crippen LogP contribution in [0.1, 0.15) is 27.0 Å². The Labute approximate surface area is 191 Å². The van der Waals surface area contributed by atoms with Crippen LogP contribution in [0.25, 0.3) is 6.08 Å². The van der Waals surface area contributed by atoms with Crippen molar-refractivity contribution in [3.05, 3.63) is 98.5 Å². The number of carbonyl (C=O) groups excluding carboxylic acids is 1. The van der Waals surface area contributed by atoms with Crippen LogP contribution in [-0.2, 0) is 6.61 Å². The molecule has 0 N–H and O–H groups in total. The Hall–Kier alpha value is -3.26. The molecule has 0 aliphatic carbocycles. The molecule has 0 spiro atoms. The molecule has 0 radical (unpaired) electrons. The molecule has 31 heavy (non-hydrogen) atoms. The van der Waals surface area contributed by atoms with E-state index in [0.717, 1.165) is 11.1 Å². The molecule has 0 saturated carbocycles. The lowest BCUT2D eigenvalue weighted by molar-refractivity contribution is 0.104. The van der Waals surface area contributed by atoms with Crippen molar-refractivity contribution in [3.63, 3.8) is 0 Å². The normalized spacial score (nSPS) is 11.0. The second kappa shape index (κ2) is 10.2. The molecule has 0 amide bonds. The number of nitriles is 1. The van der Waals surface area contributed by atoms with E-state index in [1.54, 1.807) is 48.5 Å². The first kappa shape index (κ1) is 22.4. The van der Waals surface area contributed by atoms with Gasteiger partial charge < -0.3 is 9.47 Å². The monoisotopic (exact) mass is 451 g/mol. The van der Waals surface area contributed by atoms with Gasteiger partial charge in [0, 0.05) is 21.2 Å². The van der Waals surface area contributed by atoms with Gasteiger partial charge in [-0.3, -0.25) is 4.79 Å². The highest BCUT2D eigenvalue weighted by molar-refractivity contribution is 6.35. The van der Waals surface area contributed by atoms with Gasteiger partial charge in [0.25, 0.3) is 0 Å². The molecule has 3 aromatic carbocycles. The number of ether oxygens (including phenoxy) is 2. The number of aryl methyl sites for hydroxylation is 1. The Morgan fingerprint density at radius 2 is 1.77 bits per heavy atom. The molecule has 156 valence electrons. The first-order chi connectivity index (χ1) is 14.9. The van der Waals surface area contributed by atoms with Gasteiger partial charge in [-0.15, -0.1) is 0 Å². The lowest BCUT2D eigenvalue weighted by atomic mass is 10.0. The van der Waals surface area contributed by atoms with Gasteiger partial charge in [-0.05, 0) is 42.8 Å². The number of hydrogen-bond acceptors (Lipinski definition) is 4. The smallest absolute Gasteiger partial charge is 0.203 e. The molecule has 0 aliphatic heterocycles. The number of carbonyl (C=O) groups is 1. The summed E-state index contributed by atoms with van der Waals surface area (Å²) in [4.78, 5) is 12.7. The Morgan fingerprint density at radius 1 is 1.03 bits per heavy atom. The molecule has 0 bridgehead atoms. The van der Waals surface area contributed by atoms with Crippen molar-refractivity contribution < 1.29 is 14.3 Å². The summed E-state index contributed by atoms with van der Waals surface area (Å²) in [7, 11) is 1.52. The highest BCUT2D eigenvalue weighted by atomic mass is 35.5. The van der Waals surface area contributed by atoms with Crippen molar-refractivity contribution in [1.82, 2.24) is 0 Å². The Morgan fingerprint density at radius 3 is 2.42 bits per heavy atom. The minimum Gasteiger partial charge on any atom is -0.493 e. The zero-order valence-corrected chi connectivity index (χ0v) is 18.5. The van der Waals surface area contributed by atoms with Crippen LogP contribution in [0.4, 0.5) is 0 Å². The summed E-state index contributed by atoms with van der Waals surface area (Å²) in [6.07, 6.45) is 1.53. The van der Waals surface area contributed by atoms with Crippen LogP contribution in [0.15, 0.2) is 66.2 Å². The van der Waals surface area contributed by atoms with Gasteiger partial charge >= 0.3 is 0 Å². The van der Waals surface area contributed by atoms with Crippen LogP contribution in [0.5, 0.6) is 11.5 Å². The number of halogens is 2. The van der Waals surface area contributed by atoms with E-state index in [1.807, 2.05) is 25.1 Å².